The molecule has 0 aliphatic rings. The molecule has 0 radical (unpaired) electrons. The summed E-state index contributed by atoms with van der Waals surface area (Å²) >= 11 is 0. The van der Waals surface area contributed by atoms with Crippen LogP contribution in [-0.4, -0.2) is 10.0 Å². The van der Waals surface area contributed by atoms with Gasteiger partial charge in [0.25, 0.3) is 0 Å². The zero-order chi connectivity index (χ0) is 11.4. The maximum atomic E-state index is 10.4. The minimum atomic E-state index is -0.785. The third-order valence-electron chi connectivity index (χ3n) is 1.79. The van der Waals surface area contributed by atoms with Gasteiger partial charge in [0.15, 0.2) is 5.75 Å². The van der Waals surface area contributed by atoms with Gasteiger partial charge in [-0.15, -0.1) is 0 Å². The molecule has 1 rings (SSSR count). The zero-order valence-corrected chi connectivity index (χ0v) is 7.47. The van der Waals surface area contributed by atoms with Crippen molar-refractivity contribution in [1.82, 2.24) is 0 Å². The molecule has 0 unspecified atom stereocenters. The Morgan fingerprint density at radius 3 is 2.60 bits per heavy atom. The lowest BCUT2D eigenvalue weighted by atomic mass is 10.0. The van der Waals surface area contributed by atoms with Crippen molar-refractivity contribution in [3.63, 3.8) is 0 Å². The second-order valence-corrected chi connectivity index (χ2v) is 2.70. The first-order valence-electron chi connectivity index (χ1n) is 3.87. The van der Waals surface area contributed by atoms with Gasteiger partial charge in [-0.3, -0.25) is 10.1 Å². The summed E-state index contributed by atoms with van der Waals surface area (Å²) in [6.07, 6.45) is -0.0750. The van der Waals surface area contributed by atoms with E-state index in [1.165, 1.54) is 0 Å². The van der Waals surface area contributed by atoms with Crippen molar-refractivity contribution in [2.24, 2.45) is 0 Å². The van der Waals surface area contributed by atoms with Gasteiger partial charge >= 0.3 is 5.69 Å². The van der Waals surface area contributed by atoms with E-state index in [1.54, 1.807) is 12.1 Å². The van der Waals surface area contributed by atoms with Gasteiger partial charge < -0.3 is 5.11 Å². The first kappa shape index (κ1) is 10.5. The average Bonchev–Trinajstić information content (AvgIpc) is 2.18. The number of benzene rings is 1. The van der Waals surface area contributed by atoms with Gasteiger partial charge in [-0.1, -0.05) is 0 Å². The van der Waals surface area contributed by atoms with Gasteiger partial charge in [0.05, 0.1) is 29.0 Å². The molecular weight excluding hydrogens is 198 g/mol. The fourth-order valence-corrected chi connectivity index (χ4v) is 1.10. The maximum Gasteiger partial charge on any atom is 0.312 e. The van der Waals surface area contributed by atoms with E-state index in [9.17, 15) is 15.2 Å². The van der Waals surface area contributed by atoms with Crippen LogP contribution in [0.2, 0.25) is 0 Å². The van der Waals surface area contributed by atoms with Gasteiger partial charge in [0.1, 0.15) is 0 Å². The number of nitro groups is 1. The Labute approximate surface area is 84.8 Å². The monoisotopic (exact) mass is 203 g/mol. The van der Waals surface area contributed by atoms with Crippen LogP contribution in [0.15, 0.2) is 12.1 Å². The summed E-state index contributed by atoms with van der Waals surface area (Å²) in [6.45, 7) is 0. The van der Waals surface area contributed by atoms with Gasteiger partial charge in [-0.25, -0.2) is 0 Å². The number of nitrogens with zero attached hydrogens (tertiary/aromatic N) is 3. The number of phenolic OH excluding ortho intramolecular Hbond substituents is 1. The van der Waals surface area contributed by atoms with Crippen molar-refractivity contribution in [2.45, 2.75) is 6.42 Å². The zero-order valence-electron chi connectivity index (χ0n) is 7.47. The van der Waals surface area contributed by atoms with Crippen LogP contribution >= 0.6 is 0 Å². The van der Waals surface area contributed by atoms with Crippen molar-refractivity contribution >= 4 is 5.69 Å². The standard InChI is InChI=1S/C9H5N3O3/c10-2-1-6-4-9(13)8(12(14)15)3-7(6)5-11/h3-4,13H,1H2. The molecule has 0 spiro atoms. The third-order valence-corrected chi connectivity index (χ3v) is 1.79. The van der Waals surface area contributed by atoms with Crippen LogP contribution in [0, 0.1) is 32.8 Å². The van der Waals surface area contributed by atoms with Crippen LogP contribution in [0.3, 0.4) is 0 Å². The highest BCUT2D eigenvalue weighted by Gasteiger charge is 2.17. The highest BCUT2D eigenvalue weighted by atomic mass is 16.6. The molecule has 0 aliphatic carbocycles. The summed E-state index contributed by atoms with van der Waals surface area (Å²) in [5.41, 5.74) is -0.225. The number of aromatic hydroxyl groups is 1. The topological polar surface area (TPSA) is 111 Å². The molecule has 0 aromatic heterocycles. The Hall–Kier alpha value is -2.60. The molecule has 1 N–H and O–H groups in total. The lowest BCUT2D eigenvalue weighted by Crippen LogP contribution is -1.94. The van der Waals surface area contributed by atoms with Gasteiger partial charge in [-0.05, 0) is 11.6 Å². The molecule has 1 aromatic carbocycles. The maximum absolute atomic E-state index is 10.4. The predicted molar refractivity (Wildman–Crippen MR) is 48.8 cm³/mol. The number of rotatable bonds is 2. The first-order chi connectivity index (χ1) is 7.10. The summed E-state index contributed by atoms with van der Waals surface area (Å²) in [4.78, 5) is 9.64. The molecular formula is C9H5N3O3. The summed E-state index contributed by atoms with van der Waals surface area (Å²) in [6, 6.07) is 5.57. The Kier molecular flexibility index (Phi) is 2.85. The van der Waals surface area contributed by atoms with E-state index in [0.717, 1.165) is 12.1 Å². The summed E-state index contributed by atoms with van der Waals surface area (Å²) in [7, 11) is 0. The molecule has 0 saturated heterocycles. The molecule has 0 fully saturated rings. The highest BCUT2D eigenvalue weighted by Crippen LogP contribution is 2.29. The van der Waals surface area contributed by atoms with Crippen LogP contribution in [0.4, 0.5) is 5.69 Å². The minimum absolute atomic E-state index is 0.0288. The minimum Gasteiger partial charge on any atom is -0.502 e. The lowest BCUT2D eigenvalue weighted by Gasteiger charge is -2.01. The van der Waals surface area contributed by atoms with Gasteiger partial charge in [-0.2, -0.15) is 10.5 Å². The molecule has 15 heavy (non-hydrogen) atoms. The average molecular weight is 203 g/mol. The van der Waals surface area contributed by atoms with Crippen LogP contribution in [-0.2, 0) is 6.42 Å². The molecule has 0 amide bonds. The Morgan fingerprint density at radius 2 is 2.13 bits per heavy atom. The first-order valence-corrected chi connectivity index (χ1v) is 3.87. The smallest absolute Gasteiger partial charge is 0.312 e. The Balaban J connectivity index is 3.38. The number of phenols is 1. The van der Waals surface area contributed by atoms with Crippen LogP contribution in [0.1, 0.15) is 11.1 Å². The molecule has 6 heteroatoms. The number of hydrogen-bond acceptors (Lipinski definition) is 5. The lowest BCUT2D eigenvalue weighted by molar-refractivity contribution is -0.385. The van der Waals surface area contributed by atoms with Crippen molar-refractivity contribution in [1.29, 1.82) is 10.5 Å². The van der Waals surface area contributed by atoms with Gasteiger partial charge in [0, 0.05) is 6.07 Å². The summed E-state index contributed by atoms with van der Waals surface area (Å²) in [5, 5.41) is 36.8. The molecule has 0 atom stereocenters. The van der Waals surface area contributed by atoms with E-state index >= 15 is 0 Å². The van der Waals surface area contributed by atoms with E-state index in [-0.39, 0.29) is 17.5 Å². The van der Waals surface area contributed by atoms with E-state index in [2.05, 4.69) is 0 Å². The quantitative estimate of drug-likeness (QED) is 0.574. The van der Waals surface area contributed by atoms with Crippen molar-refractivity contribution in [3.05, 3.63) is 33.4 Å². The Bertz CT molecular complexity index is 497. The van der Waals surface area contributed by atoms with Crippen molar-refractivity contribution < 1.29 is 10.0 Å². The third kappa shape index (κ3) is 2.01. The number of nitro benzene ring substituents is 1. The molecule has 0 saturated carbocycles. The molecule has 74 valence electrons. The molecule has 0 heterocycles. The fraction of sp³-hybridized carbons (Fsp3) is 0.111. The highest BCUT2D eigenvalue weighted by molar-refractivity contribution is 5.55. The fourth-order valence-electron chi connectivity index (χ4n) is 1.10. The van der Waals surface area contributed by atoms with Gasteiger partial charge in [0.2, 0.25) is 0 Å². The second kappa shape index (κ2) is 4.07. The second-order valence-electron chi connectivity index (χ2n) is 2.70. The Morgan fingerprint density at radius 1 is 1.47 bits per heavy atom. The predicted octanol–water partition coefficient (Wildman–Crippen LogP) is 1.24. The van der Waals surface area contributed by atoms with E-state index in [4.69, 9.17) is 10.5 Å². The summed E-state index contributed by atoms with van der Waals surface area (Å²) in [5.74, 6) is -0.538. The van der Waals surface area contributed by atoms with Crippen LogP contribution in [0.25, 0.3) is 0 Å². The van der Waals surface area contributed by atoms with Crippen LogP contribution in [0.5, 0.6) is 5.75 Å². The molecule has 0 aliphatic heterocycles. The SMILES string of the molecule is N#CCc1cc(O)c([N+](=O)[O-])cc1C#N. The molecule has 0 bridgehead atoms. The van der Waals surface area contributed by atoms with E-state index in [1.807, 2.05) is 0 Å². The van der Waals surface area contributed by atoms with E-state index < -0.39 is 16.4 Å². The largest absolute Gasteiger partial charge is 0.502 e. The normalized spacial score (nSPS) is 8.93. The van der Waals surface area contributed by atoms with Crippen molar-refractivity contribution in [2.75, 3.05) is 0 Å². The molecule has 1 aromatic rings. The number of nitriles is 2. The molecule has 6 nitrogen and oxygen atoms in total. The van der Waals surface area contributed by atoms with E-state index in [0.29, 0.717) is 0 Å². The number of hydrogen-bond donors (Lipinski definition) is 1. The van der Waals surface area contributed by atoms with Crippen molar-refractivity contribution in [3.8, 4) is 17.9 Å². The van der Waals surface area contributed by atoms with Crippen LogP contribution < -0.4 is 0 Å². The summed E-state index contributed by atoms with van der Waals surface area (Å²) < 4.78 is 0.